The molecule has 0 saturated heterocycles. The van der Waals surface area contributed by atoms with Gasteiger partial charge in [0.2, 0.25) is 5.91 Å². The molecular weight excluding hydrogens is 359 g/mol. The number of rotatable bonds is 0. The molecule has 0 bridgehead atoms. The topological polar surface area (TPSA) is 25.2 Å². The van der Waals surface area contributed by atoms with Gasteiger partial charge < -0.3 is 9.47 Å². The highest BCUT2D eigenvalue weighted by atomic mass is 127. The number of anilines is 1. The second-order valence-corrected chi connectivity index (χ2v) is 5.78. The van der Waals surface area contributed by atoms with Crippen LogP contribution in [0.4, 0.5) is 5.82 Å². The minimum atomic E-state index is 0.0938. The van der Waals surface area contributed by atoms with Gasteiger partial charge in [-0.25, -0.2) is 0 Å². The van der Waals surface area contributed by atoms with Crippen molar-refractivity contribution in [3.05, 3.63) is 16.7 Å². The van der Waals surface area contributed by atoms with Crippen molar-refractivity contribution in [2.45, 2.75) is 16.9 Å². The molecule has 1 aromatic rings. The fourth-order valence-electron chi connectivity index (χ4n) is 1.63. The number of halogens is 2. The normalized spacial score (nSPS) is 22.1. The van der Waals surface area contributed by atoms with Crippen LogP contribution in [0.2, 0.25) is 0 Å². The van der Waals surface area contributed by atoms with Crippen LogP contribution in [-0.2, 0) is 11.3 Å². The SMILES string of the molecule is CN1C(=O)C(I)CCn2cc(Br)cc21. The first kappa shape index (κ1) is 10.5. The van der Waals surface area contributed by atoms with Gasteiger partial charge in [0.25, 0.3) is 0 Å². The highest BCUT2D eigenvalue weighted by molar-refractivity contribution is 14.1. The summed E-state index contributed by atoms with van der Waals surface area (Å²) in [6.07, 6.45) is 2.92. The minimum Gasteiger partial charge on any atom is -0.333 e. The van der Waals surface area contributed by atoms with Crippen molar-refractivity contribution in [1.82, 2.24) is 4.57 Å². The number of hydrogen-bond donors (Lipinski definition) is 0. The van der Waals surface area contributed by atoms with Crippen molar-refractivity contribution in [3.63, 3.8) is 0 Å². The Morgan fingerprint density at radius 3 is 3.07 bits per heavy atom. The maximum atomic E-state index is 11.8. The smallest absolute Gasteiger partial charge is 0.240 e. The lowest BCUT2D eigenvalue weighted by atomic mass is 10.3. The van der Waals surface area contributed by atoms with Gasteiger partial charge in [0.15, 0.2) is 0 Å². The Hall–Kier alpha value is -0.0400. The van der Waals surface area contributed by atoms with Gasteiger partial charge in [-0.2, -0.15) is 0 Å². The Labute approximate surface area is 105 Å². The second kappa shape index (κ2) is 3.84. The molecule has 1 amide bonds. The molecule has 14 heavy (non-hydrogen) atoms. The fourth-order valence-corrected chi connectivity index (χ4v) is 2.77. The van der Waals surface area contributed by atoms with E-state index in [1.807, 2.05) is 19.3 Å². The van der Waals surface area contributed by atoms with Crippen LogP contribution in [0.5, 0.6) is 0 Å². The zero-order valence-electron chi connectivity index (χ0n) is 7.70. The van der Waals surface area contributed by atoms with Gasteiger partial charge >= 0.3 is 0 Å². The van der Waals surface area contributed by atoms with E-state index < -0.39 is 0 Å². The standard InChI is InChI=1S/C9H10BrIN2O/c1-12-8-4-6(10)5-13(8)3-2-7(11)9(12)14/h4-5,7H,2-3H2,1H3. The molecule has 0 aromatic carbocycles. The number of carbonyl (C=O) groups excluding carboxylic acids is 1. The number of hydrogen-bond acceptors (Lipinski definition) is 1. The quantitative estimate of drug-likeness (QED) is 0.510. The van der Waals surface area contributed by atoms with E-state index in [9.17, 15) is 4.79 Å². The average Bonchev–Trinajstić information content (AvgIpc) is 2.49. The Bertz CT molecular complexity index is 377. The largest absolute Gasteiger partial charge is 0.333 e. The molecule has 0 spiro atoms. The molecule has 1 aromatic heterocycles. The Morgan fingerprint density at radius 1 is 1.64 bits per heavy atom. The zero-order chi connectivity index (χ0) is 10.3. The summed E-state index contributed by atoms with van der Waals surface area (Å²) in [7, 11) is 1.83. The summed E-state index contributed by atoms with van der Waals surface area (Å²) in [4.78, 5) is 13.5. The van der Waals surface area contributed by atoms with Crippen LogP contribution in [0, 0.1) is 0 Å². The van der Waals surface area contributed by atoms with Gasteiger partial charge in [-0.15, -0.1) is 0 Å². The van der Waals surface area contributed by atoms with E-state index >= 15 is 0 Å². The Morgan fingerprint density at radius 2 is 2.36 bits per heavy atom. The maximum Gasteiger partial charge on any atom is 0.240 e. The highest BCUT2D eigenvalue weighted by Crippen LogP contribution is 2.27. The molecule has 2 rings (SSSR count). The van der Waals surface area contributed by atoms with Crippen LogP contribution in [-0.4, -0.2) is 21.4 Å². The first-order valence-corrected chi connectivity index (χ1v) is 6.41. The van der Waals surface area contributed by atoms with Crippen LogP contribution < -0.4 is 4.90 Å². The van der Waals surface area contributed by atoms with Gasteiger partial charge in [0.05, 0.1) is 3.92 Å². The predicted octanol–water partition coefficient (Wildman–Crippen LogP) is 2.42. The first-order chi connectivity index (χ1) is 6.59. The van der Waals surface area contributed by atoms with Crippen molar-refractivity contribution in [1.29, 1.82) is 0 Å². The van der Waals surface area contributed by atoms with Crippen LogP contribution in [0.1, 0.15) is 6.42 Å². The Kier molecular flexibility index (Phi) is 2.88. The lowest BCUT2D eigenvalue weighted by Crippen LogP contribution is -2.31. The molecular formula is C9H10BrIN2O. The predicted molar refractivity (Wildman–Crippen MR) is 68.0 cm³/mol. The van der Waals surface area contributed by atoms with Crippen molar-refractivity contribution in [2.75, 3.05) is 11.9 Å². The number of nitrogens with zero attached hydrogens (tertiary/aromatic N) is 2. The van der Waals surface area contributed by atoms with E-state index in [1.54, 1.807) is 4.90 Å². The molecule has 0 radical (unpaired) electrons. The second-order valence-electron chi connectivity index (χ2n) is 3.36. The first-order valence-electron chi connectivity index (χ1n) is 4.37. The monoisotopic (exact) mass is 368 g/mol. The van der Waals surface area contributed by atoms with E-state index in [0.29, 0.717) is 0 Å². The molecule has 0 aliphatic carbocycles. The third-order valence-corrected chi connectivity index (χ3v) is 4.00. The van der Waals surface area contributed by atoms with E-state index in [2.05, 4.69) is 43.1 Å². The zero-order valence-corrected chi connectivity index (χ0v) is 11.4. The molecule has 1 aliphatic heterocycles. The third-order valence-electron chi connectivity index (χ3n) is 2.41. The van der Waals surface area contributed by atoms with Crippen LogP contribution in [0.3, 0.4) is 0 Å². The van der Waals surface area contributed by atoms with Crippen molar-refractivity contribution < 1.29 is 4.79 Å². The summed E-state index contributed by atoms with van der Waals surface area (Å²) in [5.74, 6) is 1.16. The van der Waals surface area contributed by atoms with Crippen molar-refractivity contribution in [2.24, 2.45) is 0 Å². The van der Waals surface area contributed by atoms with E-state index in [-0.39, 0.29) is 9.83 Å². The molecule has 3 nitrogen and oxygen atoms in total. The summed E-state index contributed by atoms with van der Waals surface area (Å²) in [6.45, 7) is 0.907. The van der Waals surface area contributed by atoms with E-state index in [1.165, 1.54) is 0 Å². The minimum absolute atomic E-state index is 0.0938. The number of alkyl halides is 1. The molecule has 1 atom stereocenters. The number of amides is 1. The summed E-state index contributed by atoms with van der Waals surface area (Å²) in [6, 6.07) is 1.98. The summed E-state index contributed by atoms with van der Waals surface area (Å²) in [5, 5.41) is 0. The van der Waals surface area contributed by atoms with Gasteiger partial charge in [0.1, 0.15) is 5.82 Å². The van der Waals surface area contributed by atoms with Crippen molar-refractivity contribution in [3.8, 4) is 0 Å². The van der Waals surface area contributed by atoms with Crippen LogP contribution in [0.15, 0.2) is 16.7 Å². The molecule has 2 heterocycles. The van der Waals surface area contributed by atoms with Crippen LogP contribution >= 0.6 is 38.5 Å². The average molecular weight is 369 g/mol. The number of fused-ring (bicyclic) bond motifs is 1. The molecule has 1 unspecified atom stereocenters. The fraction of sp³-hybridized carbons (Fsp3) is 0.444. The number of aromatic nitrogens is 1. The molecule has 1 aliphatic rings. The lowest BCUT2D eigenvalue weighted by Gasteiger charge is -2.16. The maximum absolute atomic E-state index is 11.8. The molecule has 5 heteroatoms. The third kappa shape index (κ3) is 1.71. The van der Waals surface area contributed by atoms with Gasteiger partial charge in [-0.05, 0) is 28.4 Å². The molecule has 0 saturated carbocycles. The number of carbonyl (C=O) groups is 1. The van der Waals surface area contributed by atoms with Gasteiger partial charge in [0, 0.05) is 24.3 Å². The lowest BCUT2D eigenvalue weighted by molar-refractivity contribution is -0.117. The van der Waals surface area contributed by atoms with Crippen molar-refractivity contribution >= 4 is 50.2 Å². The summed E-state index contributed by atoms with van der Waals surface area (Å²) >= 11 is 5.63. The van der Waals surface area contributed by atoms with Gasteiger partial charge in [-0.1, -0.05) is 22.6 Å². The van der Waals surface area contributed by atoms with Gasteiger partial charge in [-0.3, -0.25) is 4.79 Å². The molecule has 0 N–H and O–H groups in total. The number of aryl methyl sites for hydroxylation is 1. The Balaban J connectivity index is 2.43. The van der Waals surface area contributed by atoms with E-state index in [0.717, 1.165) is 23.3 Å². The summed E-state index contributed by atoms with van der Waals surface area (Å²) < 4.78 is 3.23. The molecule has 76 valence electrons. The van der Waals surface area contributed by atoms with E-state index in [4.69, 9.17) is 0 Å². The highest BCUT2D eigenvalue weighted by Gasteiger charge is 2.26. The summed E-state index contributed by atoms with van der Waals surface area (Å²) in [5.41, 5.74) is 0. The molecule has 0 fully saturated rings. The van der Waals surface area contributed by atoms with Crippen LogP contribution in [0.25, 0.3) is 0 Å².